The fraction of sp³-hybridized carbons (Fsp3) is 1.00. The maximum absolute atomic E-state index is 6.00. The predicted octanol–water partition coefficient (Wildman–Crippen LogP) is 1.30. The third-order valence-corrected chi connectivity index (χ3v) is 0. The van der Waals surface area contributed by atoms with Gasteiger partial charge in [0.15, 0.2) is 0 Å². The molecular formula is C2H8N2. The zero-order valence-corrected chi connectivity index (χ0v) is 0.894. The Kier molecular flexibility index (Phi) is 412. The van der Waals surface area contributed by atoms with Gasteiger partial charge in [0.05, 0.1) is 0 Å². The van der Waals surface area contributed by atoms with Crippen LogP contribution in [-0.4, -0.2) is 0 Å². The molecule has 2 heteroatoms. The van der Waals surface area contributed by atoms with Crippen LogP contribution >= 0.6 is 0 Å². The largest absolute Gasteiger partial charge is 0.0776 e. The molecule has 0 bridgehead atoms. The minimum atomic E-state index is 0. The molecule has 0 rings (SSSR count). The molecule has 0 heterocycles. The summed E-state index contributed by atoms with van der Waals surface area (Å²) >= 11 is 0. The zero-order valence-electron chi connectivity index (χ0n) is 0.894. The molecule has 0 aromatic carbocycles. The first-order valence-corrected chi connectivity index (χ1v) is 0.200. The molecule has 0 saturated heterocycles. The fourth-order valence-electron chi connectivity index (χ4n) is 0. The Morgan fingerprint density at radius 1 is 0.750 bits per heavy atom. The van der Waals surface area contributed by atoms with Crippen molar-refractivity contribution in [3.63, 3.8) is 0 Å². The van der Waals surface area contributed by atoms with Gasteiger partial charge in [-0.1, -0.05) is 14.9 Å². The molecule has 0 aliphatic heterocycles. The van der Waals surface area contributed by atoms with E-state index in [0.29, 0.717) is 0 Å². The molecule has 0 aliphatic carbocycles. The first kappa shape index (κ1) is 114. The molecule has 0 unspecified atom stereocenters. The van der Waals surface area contributed by atoms with Gasteiger partial charge in [-0.3, -0.25) is 0 Å². The van der Waals surface area contributed by atoms with Crippen molar-refractivity contribution in [3.05, 3.63) is 0 Å². The summed E-state index contributed by atoms with van der Waals surface area (Å²) in [5.74, 6) is 0. The van der Waals surface area contributed by atoms with Crippen molar-refractivity contribution >= 4 is 0 Å². The Hall–Kier alpha value is -0.580. The minimum Gasteiger partial charge on any atom is -0.0776 e. The summed E-state index contributed by atoms with van der Waals surface area (Å²) in [6.07, 6.45) is 0. The molecule has 4 heavy (non-hydrogen) atoms. The van der Waals surface area contributed by atoms with E-state index >= 15 is 0 Å². The van der Waals surface area contributed by atoms with E-state index < -0.39 is 0 Å². The lowest BCUT2D eigenvalue weighted by Gasteiger charge is -0.577. The molecular weight excluding hydrogens is 52.0 g/mol. The highest BCUT2D eigenvalue weighted by atomic mass is 14.6. The van der Waals surface area contributed by atoms with E-state index in [9.17, 15) is 0 Å². The van der Waals surface area contributed by atoms with Crippen molar-refractivity contribution in [1.29, 1.82) is 10.8 Å². The predicted molar refractivity (Wildman–Crippen MR) is 16.9 cm³/mol. The normalized spacial score (nSPS) is 0.500. The summed E-state index contributed by atoms with van der Waals surface area (Å²) in [6, 6.07) is 0. The summed E-state index contributed by atoms with van der Waals surface area (Å²) in [7, 11) is 0. The van der Waals surface area contributed by atoms with Crippen LogP contribution in [0.1, 0.15) is 14.9 Å². The molecule has 0 spiro atoms. The minimum absolute atomic E-state index is 0. The van der Waals surface area contributed by atoms with Gasteiger partial charge in [-0.25, -0.2) is 0 Å². The fourth-order valence-corrected chi connectivity index (χ4v) is 0. The average molecular weight is 60.1 g/mol. The first-order valence-electron chi connectivity index (χ1n) is 0.200. The second kappa shape index (κ2) is 14.5. The van der Waals surface area contributed by atoms with Crippen LogP contribution in [-0.2, 0) is 0 Å². The Morgan fingerprint density at radius 3 is 0.750 bits per heavy atom. The van der Waals surface area contributed by atoms with Crippen molar-refractivity contribution in [1.82, 2.24) is 0 Å². The SMILES string of the molecule is C.C.N#N. The molecule has 2 nitrogen and oxygen atoms in total. The highest BCUT2D eigenvalue weighted by molar-refractivity contribution is 2.50. The van der Waals surface area contributed by atoms with E-state index in [4.69, 9.17) is 10.8 Å². The van der Waals surface area contributed by atoms with Crippen molar-refractivity contribution < 1.29 is 0 Å². The maximum Gasteiger partial charge on any atom is 0 e. The van der Waals surface area contributed by atoms with E-state index in [0.717, 1.165) is 0 Å². The second-order valence-corrected chi connectivity index (χ2v) is 0. The molecule has 0 fully saturated rings. The van der Waals surface area contributed by atoms with Crippen LogP contribution in [0.4, 0.5) is 0 Å². The second-order valence-electron chi connectivity index (χ2n) is 0. The molecule has 0 saturated carbocycles. The van der Waals surface area contributed by atoms with Crippen LogP contribution in [0.15, 0.2) is 0 Å². The molecule has 0 N–H and O–H groups in total. The summed E-state index contributed by atoms with van der Waals surface area (Å²) in [4.78, 5) is 0. The lowest BCUT2D eigenvalue weighted by molar-refractivity contribution is 1.15. The van der Waals surface area contributed by atoms with Crippen molar-refractivity contribution in [2.45, 2.75) is 14.9 Å². The topological polar surface area (TPSA) is 47.6 Å². The van der Waals surface area contributed by atoms with Crippen LogP contribution in [0, 0.1) is 10.8 Å². The highest BCUT2D eigenvalue weighted by Crippen LogP contribution is 0.592. The smallest absolute Gasteiger partial charge is 0 e. The Morgan fingerprint density at radius 2 is 0.750 bits per heavy atom. The summed E-state index contributed by atoms with van der Waals surface area (Å²) in [6.45, 7) is 0. The standard InChI is InChI=1S/2CH4.N2/c;;1-2/h2*1H4;. The van der Waals surface area contributed by atoms with E-state index in [1.165, 1.54) is 0 Å². The highest BCUT2D eigenvalue weighted by Gasteiger charge is 0.577. The number of rotatable bonds is 0. The Labute approximate surface area is 26.9 Å². The molecule has 0 radical (unpaired) electrons. The Bertz CT molecular complexity index is 8.75. The van der Waals surface area contributed by atoms with Gasteiger partial charge in [0.2, 0.25) is 0 Å². The van der Waals surface area contributed by atoms with Crippen LogP contribution < -0.4 is 0 Å². The number of hydrogen-bond acceptors (Lipinski definition) is 2. The van der Waals surface area contributed by atoms with Crippen molar-refractivity contribution in [2.75, 3.05) is 0 Å². The quantitative estimate of drug-likeness (QED) is 0.395. The Balaban J connectivity index is -0.00000000500. The molecule has 26 valence electrons. The molecule has 0 aliphatic rings. The number of hydrogen-bond donors (Lipinski definition) is 0. The third kappa shape index (κ3) is 0.745. The first-order chi connectivity index (χ1) is 1.00. The summed E-state index contributed by atoms with van der Waals surface area (Å²) in [5, 5.41) is 12.0. The van der Waals surface area contributed by atoms with E-state index in [1.54, 1.807) is 0 Å². The lowest BCUT2D eigenvalue weighted by atomic mass is 12.0. The maximum atomic E-state index is 6.00. The molecule has 0 aromatic rings. The van der Waals surface area contributed by atoms with Gasteiger partial charge >= 0.3 is 0 Å². The van der Waals surface area contributed by atoms with Crippen LogP contribution in [0.5, 0.6) is 0 Å². The van der Waals surface area contributed by atoms with Crippen molar-refractivity contribution in [3.8, 4) is 0 Å². The van der Waals surface area contributed by atoms with Gasteiger partial charge in [0.25, 0.3) is 0 Å². The molecule has 0 atom stereocenters. The van der Waals surface area contributed by atoms with Gasteiger partial charge in [-0.2, -0.15) is 0 Å². The summed E-state index contributed by atoms with van der Waals surface area (Å²) in [5.41, 5.74) is 0. The van der Waals surface area contributed by atoms with E-state index in [-0.39, 0.29) is 14.9 Å². The van der Waals surface area contributed by atoms with Gasteiger partial charge in [-0.15, -0.1) is 0 Å². The van der Waals surface area contributed by atoms with Crippen LogP contribution in [0.3, 0.4) is 0 Å². The summed E-state index contributed by atoms with van der Waals surface area (Å²) < 4.78 is 0. The van der Waals surface area contributed by atoms with Gasteiger partial charge in [0, 0.05) is 10.8 Å². The molecule has 0 aromatic heterocycles. The molecule has 0 amide bonds. The number of nitrogens with zero attached hydrogens (tertiary/aromatic N) is 2. The van der Waals surface area contributed by atoms with Gasteiger partial charge in [0.1, 0.15) is 0 Å². The zero-order chi connectivity index (χ0) is 2.00. The van der Waals surface area contributed by atoms with Gasteiger partial charge in [-0.05, 0) is 0 Å². The van der Waals surface area contributed by atoms with E-state index in [1.807, 2.05) is 0 Å². The van der Waals surface area contributed by atoms with E-state index in [2.05, 4.69) is 0 Å². The van der Waals surface area contributed by atoms with Crippen LogP contribution in [0.25, 0.3) is 0 Å². The van der Waals surface area contributed by atoms with Gasteiger partial charge < -0.3 is 0 Å². The lowest BCUT2D eigenvalue weighted by Crippen LogP contribution is -0.562. The van der Waals surface area contributed by atoms with Crippen molar-refractivity contribution in [2.24, 2.45) is 0 Å². The monoisotopic (exact) mass is 60.1 g/mol. The third-order valence-electron chi connectivity index (χ3n) is 0. The average Bonchev–Trinajstić information content (AvgIpc) is 1.00. The van der Waals surface area contributed by atoms with Crippen LogP contribution in [0.2, 0.25) is 0 Å².